The average Bonchev–Trinajstić information content (AvgIpc) is 3.09. The molecule has 0 atom stereocenters. The van der Waals surface area contributed by atoms with Gasteiger partial charge >= 0.3 is 0 Å². The van der Waals surface area contributed by atoms with Crippen molar-refractivity contribution in [3.05, 3.63) is 70.5 Å². The van der Waals surface area contributed by atoms with Crippen LogP contribution in [-0.4, -0.2) is 15.9 Å². The number of nitrogens with zero attached hydrogens (tertiary/aromatic N) is 2. The lowest BCUT2D eigenvalue weighted by molar-refractivity contribution is 0.0942. The van der Waals surface area contributed by atoms with E-state index in [-0.39, 0.29) is 18.1 Å². The van der Waals surface area contributed by atoms with Crippen LogP contribution in [-0.2, 0) is 6.54 Å². The first kappa shape index (κ1) is 16.3. The lowest BCUT2D eigenvalue weighted by atomic mass is 10.3. The second-order valence-corrected chi connectivity index (χ2v) is 5.64. The van der Waals surface area contributed by atoms with Crippen LogP contribution in [0.25, 0.3) is 0 Å². The fourth-order valence-corrected chi connectivity index (χ4v) is 2.37. The second kappa shape index (κ2) is 7.33. The zero-order chi connectivity index (χ0) is 16.9. The largest absolute Gasteiger partial charge is 0.467 e. The summed E-state index contributed by atoms with van der Waals surface area (Å²) >= 11 is 11.9. The first-order valence-corrected chi connectivity index (χ1v) is 7.72. The van der Waals surface area contributed by atoms with Gasteiger partial charge in [0, 0.05) is 5.02 Å². The minimum atomic E-state index is -0.338. The fraction of sp³-hybridized carbons (Fsp3) is 0.0625. The fourth-order valence-electron chi connectivity index (χ4n) is 1.91. The lowest BCUT2D eigenvalue weighted by Gasteiger charge is -2.08. The average molecular weight is 363 g/mol. The van der Waals surface area contributed by atoms with Crippen LogP contribution in [0.5, 0.6) is 0 Å². The van der Waals surface area contributed by atoms with Crippen molar-refractivity contribution in [1.82, 2.24) is 15.3 Å². The number of nitrogens with one attached hydrogen (secondary N) is 2. The van der Waals surface area contributed by atoms with Crippen LogP contribution in [0.15, 0.2) is 53.4 Å². The first-order valence-electron chi connectivity index (χ1n) is 6.96. The number of rotatable bonds is 5. The Hall–Kier alpha value is -2.57. The monoisotopic (exact) mass is 362 g/mol. The molecule has 0 spiro atoms. The Morgan fingerprint density at radius 2 is 2.04 bits per heavy atom. The Labute approximate surface area is 147 Å². The van der Waals surface area contributed by atoms with Gasteiger partial charge in [-0.1, -0.05) is 23.2 Å². The molecule has 0 aliphatic rings. The third-order valence-corrected chi connectivity index (χ3v) is 3.63. The van der Waals surface area contributed by atoms with Gasteiger partial charge in [0.05, 0.1) is 35.9 Å². The Bertz CT molecular complexity index is 836. The minimum absolute atomic E-state index is 0.203. The number of amides is 1. The molecule has 122 valence electrons. The Balaban J connectivity index is 1.63. The van der Waals surface area contributed by atoms with Crippen molar-refractivity contribution in [3.8, 4) is 0 Å². The van der Waals surface area contributed by atoms with Gasteiger partial charge in [-0.25, -0.2) is 9.97 Å². The van der Waals surface area contributed by atoms with Crippen molar-refractivity contribution < 1.29 is 9.21 Å². The molecule has 3 aromatic rings. The highest BCUT2D eigenvalue weighted by atomic mass is 35.5. The molecule has 24 heavy (non-hydrogen) atoms. The van der Waals surface area contributed by atoms with Crippen molar-refractivity contribution in [2.24, 2.45) is 0 Å². The summed E-state index contributed by atoms with van der Waals surface area (Å²) in [5.41, 5.74) is 0.847. The molecule has 0 aliphatic carbocycles. The van der Waals surface area contributed by atoms with E-state index in [1.807, 2.05) is 0 Å². The molecule has 2 N–H and O–H groups in total. The summed E-state index contributed by atoms with van der Waals surface area (Å²) in [6.45, 7) is 0.286. The molecule has 0 saturated carbocycles. The van der Waals surface area contributed by atoms with E-state index in [0.717, 1.165) is 0 Å². The van der Waals surface area contributed by atoms with Crippen molar-refractivity contribution in [2.75, 3.05) is 5.32 Å². The Morgan fingerprint density at radius 1 is 1.17 bits per heavy atom. The molecular formula is C16H12Cl2N4O2. The molecule has 3 rings (SSSR count). The van der Waals surface area contributed by atoms with Crippen LogP contribution in [0, 0.1) is 0 Å². The summed E-state index contributed by atoms with van der Waals surface area (Å²) in [7, 11) is 0. The predicted molar refractivity (Wildman–Crippen MR) is 91.7 cm³/mol. The molecule has 0 fully saturated rings. The summed E-state index contributed by atoms with van der Waals surface area (Å²) in [5, 5.41) is 6.71. The highest BCUT2D eigenvalue weighted by Gasteiger charge is 2.09. The summed E-state index contributed by atoms with van der Waals surface area (Å²) in [4.78, 5) is 20.2. The molecule has 0 radical (unpaired) electrons. The second-order valence-electron chi connectivity index (χ2n) is 4.80. The van der Waals surface area contributed by atoms with Crippen LogP contribution in [0.4, 0.5) is 11.5 Å². The van der Waals surface area contributed by atoms with Crippen LogP contribution >= 0.6 is 23.2 Å². The minimum Gasteiger partial charge on any atom is -0.467 e. The van der Waals surface area contributed by atoms with Crippen LogP contribution < -0.4 is 10.6 Å². The van der Waals surface area contributed by atoms with Crippen molar-refractivity contribution in [2.45, 2.75) is 6.54 Å². The van der Waals surface area contributed by atoms with E-state index < -0.39 is 0 Å². The van der Waals surface area contributed by atoms with E-state index in [1.54, 1.807) is 36.6 Å². The number of anilines is 2. The van der Waals surface area contributed by atoms with Crippen molar-refractivity contribution in [3.63, 3.8) is 0 Å². The van der Waals surface area contributed by atoms with Gasteiger partial charge in [0.25, 0.3) is 5.91 Å². The maximum atomic E-state index is 12.0. The quantitative estimate of drug-likeness (QED) is 0.715. The SMILES string of the molecule is O=C(NCc1ccco1)c1cnc(Nc2ccc(Cl)cc2Cl)cn1. The van der Waals surface area contributed by atoms with E-state index in [0.29, 0.717) is 27.3 Å². The summed E-state index contributed by atoms with van der Waals surface area (Å²) in [5.74, 6) is 0.781. The third-order valence-electron chi connectivity index (χ3n) is 3.08. The van der Waals surface area contributed by atoms with Gasteiger partial charge in [-0.2, -0.15) is 0 Å². The van der Waals surface area contributed by atoms with Gasteiger partial charge in [-0.3, -0.25) is 4.79 Å². The molecule has 0 aliphatic heterocycles. The van der Waals surface area contributed by atoms with Crippen LogP contribution in [0.3, 0.4) is 0 Å². The van der Waals surface area contributed by atoms with E-state index >= 15 is 0 Å². The van der Waals surface area contributed by atoms with Gasteiger partial charge < -0.3 is 15.1 Å². The van der Waals surface area contributed by atoms with Gasteiger partial charge in [-0.15, -0.1) is 0 Å². The lowest BCUT2D eigenvalue weighted by Crippen LogP contribution is -2.23. The molecule has 1 aromatic carbocycles. The maximum absolute atomic E-state index is 12.0. The molecule has 2 aromatic heterocycles. The van der Waals surface area contributed by atoms with Crippen molar-refractivity contribution >= 4 is 40.6 Å². The highest BCUT2D eigenvalue weighted by Crippen LogP contribution is 2.27. The zero-order valence-corrected chi connectivity index (χ0v) is 13.8. The van der Waals surface area contributed by atoms with E-state index in [1.165, 1.54) is 12.4 Å². The van der Waals surface area contributed by atoms with E-state index in [2.05, 4.69) is 20.6 Å². The predicted octanol–water partition coefficient (Wildman–Crippen LogP) is 4.05. The van der Waals surface area contributed by atoms with E-state index in [4.69, 9.17) is 27.6 Å². The third kappa shape index (κ3) is 4.04. The number of hydrogen-bond donors (Lipinski definition) is 2. The number of halogens is 2. The normalized spacial score (nSPS) is 10.4. The topological polar surface area (TPSA) is 80.0 Å². The maximum Gasteiger partial charge on any atom is 0.271 e. The summed E-state index contributed by atoms with van der Waals surface area (Å²) < 4.78 is 5.14. The molecule has 6 nitrogen and oxygen atoms in total. The molecule has 8 heteroatoms. The van der Waals surface area contributed by atoms with Gasteiger partial charge in [0.1, 0.15) is 17.3 Å². The standard InChI is InChI=1S/C16H12Cl2N4O2/c17-10-3-4-13(12(18)6-10)22-15-9-19-14(8-20-15)16(23)21-7-11-2-1-5-24-11/h1-6,8-9H,7H2,(H,20,22)(H,21,23). The molecule has 0 bridgehead atoms. The molecule has 1 amide bonds. The summed E-state index contributed by atoms with van der Waals surface area (Å²) in [6, 6.07) is 8.59. The highest BCUT2D eigenvalue weighted by molar-refractivity contribution is 6.36. The number of benzene rings is 1. The van der Waals surface area contributed by atoms with Crippen LogP contribution in [0.2, 0.25) is 10.0 Å². The smallest absolute Gasteiger partial charge is 0.271 e. The van der Waals surface area contributed by atoms with Gasteiger partial charge in [0.15, 0.2) is 0 Å². The molecule has 0 saturated heterocycles. The zero-order valence-electron chi connectivity index (χ0n) is 12.3. The van der Waals surface area contributed by atoms with Crippen molar-refractivity contribution in [1.29, 1.82) is 0 Å². The van der Waals surface area contributed by atoms with Gasteiger partial charge in [-0.05, 0) is 30.3 Å². The first-order chi connectivity index (χ1) is 11.6. The number of carbonyl (C=O) groups is 1. The number of hydrogen-bond acceptors (Lipinski definition) is 5. The summed E-state index contributed by atoms with van der Waals surface area (Å²) in [6.07, 6.45) is 4.38. The van der Waals surface area contributed by atoms with E-state index in [9.17, 15) is 4.79 Å². The molecular weight excluding hydrogens is 351 g/mol. The molecule has 0 unspecified atom stereocenters. The number of furan rings is 1. The number of aromatic nitrogens is 2. The Kier molecular flexibility index (Phi) is 4.98. The van der Waals surface area contributed by atoms with Gasteiger partial charge in [0.2, 0.25) is 0 Å². The van der Waals surface area contributed by atoms with Crippen LogP contribution in [0.1, 0.15) is 16.2 Å². The molecule has 2 heterocycles. The number of carbonyl (C=O) groups excluding carboxylic acids is 1. The Morgan fingerprint density at radius 3 is 2.71 bits per heavy atom.